The molecule has 0 aromatic carbocycles. The van der Waals surface area contributed by atoms with Crippen LogP contribution >= 0.6 is 0 Å². The standard InChI is InChI=1S/C13H21N3O3/c1-5-19-12(17)9-6-7-15-11(10(9)14)16-13(2,3)8-18-4/h6-7H,5,8,14H2,1-4H3,(H,15,16). The highest BCUT2D eigenvalue weighted by Gasteiger charge is 2.21. The Labute approximate surface area is 113 Å². The molecule has 1 aromatic heterocycles. The number of esters is 1. The molecule has 0 amide bonds. The summed E-state index contributed by atoms with van der Waals surface area (Å²) in [4.78, 5) is 15.9. The molecule has 0 radical (unpaired) electrons. The van der Waals surface area contributed by atoms with E-state index in [9.17, 15) is 4.79 Å². The minimum Gasteiger partial charge on any atom is -0.462 e. The van der Waals surface area contributed by atoms with Crippen molar-refractivity contribution in [3.63, 3.8) is 0 Å². The summed E-state index contributed by atoms with van der Waals surface area (Å²) >= 11 is 0. The van der Waals surface area contributed by atoms with Crippen LogP contribution in [-0.2, 0) is 9.47 Å². The first-order chi connectivity index (χ1) is 8.91. The smallest absolute Gasteiger partial charge is 0.340 e. The molecule has 0 unspecified atom stereocenters. The van der Waals surface area contributed by atoms with Gasteiger partial charge in [-0.2, -0.15) is 0 Å². The van der Waals surface area contributed by atoms with Crippen LogP contribution in [0.25, 0.3) is 0 Å². The molecule has 0 saturated carbocycles. The van der Waals surface area contributed by atoms with E-state index in [0.717, 1.165) is 0 Å². The average Bonchev–Trinajstić information content (AvgIpc) is 2.31. The molecule has 0 aliphatic carbocycles. The number of ether oxygens (including phenoxy) is 2. The minimum absolute atomic E-state index is 0.283. The Morgan fingerprint density at radius 3 is 2.79 bits per heavy atom. The fourth-order valence-electron chi connectivity index (χ4n) is 1.68. The maximum atomic E-state index is 11.7. The van der Waals surface area contributed by atoms with E-state index in [1.165, 1.54) is 6.20 Å². The number of nitrogens with zero attached hydrogens (tertiary/aromatic N) is 1. The van der Waals surface area contributed by atoms with Gasteiger partial charge in [-0.1, -0.05) is 0 Å². The molecule has 1 rings (SSSR count). The van der Waals surface area contributed by atoms with Crippen molar-refractivity contribution >= 4 is 17.5 Å². The number of hydrogen-bond donors (Lipinski definition) is 2. The number of anilines is 2. The summed E-state index contributed by atoms with van der Waals surface area (Å²) in [5, 5.41) is 3.16. The molecule has 0 aliphatic rings. The van der Waals surface area contributed by atoms with E-state index in [2.05, 4.69) is 10.3 Å². The molecule has 0 aliphatic heterocycles. The number of carbonyl (C=O) groups is 1. The normalized spacial score (nSPS) is 11.2. The SMILES string of the molecule is CCOC(=O)c1ccnc(NC(C)(C)COC)c1N. The summed E-state index contributed by atoms with van der Waals surface area (Å²) in [7, 11) is 1.62. The molecule has 19 heavy (non-hydrogen) atoms. The lowest BCUT2D eigenvalue weighted by atomic mass is 10.1. The van der Waals surface area contributed by atoms with Crippen molar-refractivity contribution in [2.45, 2.75) is 26.3 Å². The Morgan fingerprint density at radius 1 is 1.53 bits per heavy atom. The Hall–Kier alpha value is -1.82. The van der Waals surface area contributed by atoms with Crippen molar-refractivity contribution in [2.24, 2.45) is 0 Å². The first-order valence-electron chi connectivity index (χ1n) is 6.10. The van der Waals surface area contributed by atoms with E-state index in [0.29, 0.717) is 24.6 Å². The van der Waals surface area contributed by atoms with Gasteiger partial charge in [0.05, 0.1) is 30.0 Å². The Kier molecular flexibility index (Phi) is 5.11. The molecule has 106 valence electrons. The van der Waals surface area contributed by atoms with Gasteiger partial charge < -0.3 is 20.5 Å². The molecule has 0 fully saturated rings. The summed E-state index contributed by atoms with van der Waals surface area (Å²) < 4.78 is 10.1. The van der Waals surface area contributed by atoms with Crippen LogP contribution in [0, 0.1) is 0 Å². The number of nitrogen functional groups attached to an aromatic ring is 1. The zero-order valence-corrected chi connectivity index (χ0v) is 11.8. The number of nitrogens with two attached hydrogens (primary N) is 1. The van der Waals surface area contributed by atoms with E-state index < -0.39 is 5.97 Å². The van der Waals surface area contributed by atoms with Gasteiger partial charge in [-0.3, -0.25) is 0 Å². The molecule has 6 nitrogen and oxygen atoms in total. The first kappa shape index (κ1) is 15.2. The molecular weight excluding hydrogens is 246 g/mol. The fourth-order valence-corrected chi connectivity index (χ4v) is 1.68. The van der Waals surface area contributed by atoms with Crippen molar-refractivity contribution in [2.75, 3.05) is 31.4 Å². The number of rotatable bonds is 6. The van der Waals surface area contributed by atoms with Crippen molar-refractivity contribution in [3.05, 3.63) is 17.8 Å². The van der Waals surface area contributed by atoms with Crippen LogP contribution in [-0.4, -0.2) is 36.8 Å². The highest BCUT2D eigenvalue weighted by atomic mass is 16.5. The van der Waals surface area contributed by atoms with Crippen LogP contribution in [0.2, 0.25) is 0 Å². The zero-order chi connectivity index (χ0) is 14.5. The van der Waals surface area contributed by atoms with Gasteiger partial charge in [0.2, 0.25) is 0 Å². The lowest BCUT2D eigenvalue weighted by Gasteiger charge is -2.26. The third kappa shape index (κ3) is 4.10. The molecule has 1 aromatic rings. The van der Waals surface area contributed by atoms with Gasteiger partial charge in [0.1, 0.15) is 0 Å². The number of hydrogen-bond acceptors (Lipinski definition) is 6. The molecule has 0 atom stereocenters. The molecule has 0 bridgehead atoms. The molecule has 3 N–H and O–H groups in total. The van der Waals surface area contributed by atoms with Crippen LogP contribution in [0.5, 0.6) is 0 Å². The topological polar surface area (TPSA) is 86.5 Å². The summed E-state index contributed by atoms with van der Waals surface area (Å²) in [6, 6.07) is 1.54. The molecule has 1 heterocycles. The van der Waals surface area contributed by atoms with E-state index >= 15 is 0 Å². The second-order valence-electron chi connectivity index (χ2n) is 4.78. The number of nitrogens with one attached hydrogen (secondary N) is 1. The number of carbonyl (C=O) groups excluding carboxylic acids is 1. The number of aromatic nitrogens is 1. The van der Waals surface area contributed by atoms with Crippen molar-refractivity contribution in [3.8, 4) is 0 Å². The summed E-state index contributed by atoms with van der Waals surface area (Å²) in [6.07, 6.45) is 1.52. The van der Waals surface area contributed by atoms with E-state index in [-0.39, 0.29) is 11.2 Å². The Balaban J connectivity index is 2.98. The molecular formula is C13H21N3O3. The second kappa shape index (κ2) is 6.38. The minimum atomic E-state index is -0.449. The predicted molar refractivity (Wildman–Crippen MR) is 74.2 cm³/mol. The van der Waals surface area contributed by atoms with Crippen LogP contribution < -0.4 is 11.1 Å². The lowest BCUT2D eigenvalue weighted by Crippen LogP contribution is -2.36. The van der Waals surface area contributed by atoms with E-state index in [1.807, 2.05) is 13.8 Å². The molecule has 6 heteroatoms. The average molecular weight is 267 g/mol. The third-order valence-electron chi connectivity index (χ3n) is 2.45. The van der Waals surface area contributed by atoms with Gasteiger partial charge in [-0.25, -0.2) is 9.78 Å². The van der Waals surface area contributed by atoms with Crippen LogP contribution in [0.1, 0.15) is 31.1 Å². The van der Waals surface area contributed by atoms with Gasteiger partial charge in [0, 0.05) is 13.3 Å². The second-order valence-corrected chi connectivity index (χ2v) is 4.78. The molecule has 0 spiro atoms. The van der Waals surface area contributed by atoms with Crippen molar-refractivity contribution in [1.82, 2.24) is 4.98 Å². The van der Waals surface area contributed by atoms with Gasteiger partial charge in [-0.15, -0.1) is 0 Å². The summed E-state index contributed by atoms with van der Waals surface area (Å²) in [5.74, 6) is 0.00241. The van der Waals surface area contributed by atoms with Crippen LogP contribution in [0.3, 0.4) is 0 Å². The lowest BCUT2D eigenvalue weighted by molar-refractivity contribution is 0.0527. The zero-order valence-electron chi connectivity index (χ0n) is 11.8. The van der Waals surface area contributed by atoms with E-state index in [4.69, 9.17) is 15.2 Å². The van der Waals surface area contributed by atoms with Gasteiger partial charge in [0.15, 0.2) is 5.82 Å². The van der Waals surface area contributed by atoms with Crippen LogP contribution in [0.15, 0.2) is 12.3 Å². The third-order valence-corrected chi connectivity index (χ3v) is 2.45. The molecule has 0 saturated heterocycles. The van der Waals surface area contributed by atoms with Crippen LogP contribution in [0.4, 0.5) is 11.5 Å². The van der Waals surface area contributed by atoms with E-state index in [1.54, 1.807) is 20.1 Å². The maximum Gasteiger partial charge on any atom is 0.340 e. The number of pyridine rings is 1. The van der Waals surface area contributed by atoms with Gasteiger partial charge in [0.25, 0.3) is 0 Å². The summed E-state index contributed by atoms with van der Waals surface area (Å²) in [6.45, 7) is 6.44. The highest BCUT2D eigenvalue weighted by molar-refractivity contribution is 5.97. The maximum absolute atomic E-state index is 11.7. The van der Waals surface area contributed by atoms with Gasteiger partial charge in [-0.05, 0) is 26.8 Å². The fraction of sp³-hybridized carbons (Fsp3) is 0.538. The van der Waals surface area contributed by atoms with Crippen molar-refractivity contribution in [1.29, 1.82) is 0 Å². The highest BCUT2D eigenvalue weighted by Crippen LogP contribution is 2.24. The Morgan fingerprint density at radius 2 is 2.21 bits per heavy atom. The van der Waals surface area contributed by atoms with Crippen molar-refractivity contribution < 1.29 is 14.3 Å². The van der Waals surface area contributed by atoms with Gasteiger partial charge >= 0.3 is 5.97 Å². The summed E-state index contributed by atoms with van der Waals surface area (Å²) in [5.41, 5.74) is 6.20. The number of methoxy groups -OCH3 is 1. The first-order valence-corrected chi connectivity index (χ1v) is 6.10. The largest absolute Gasteiger partial charge is 0.462 e. The Bertz CT molecular complexity index is 447. The predicted octanol–water partition coefficient (Wildman–Crippen LogP) is 1.68. The monoisotopic (exact) mass is 267 g/mol. The quantitative estimate of drug-likeness (QED) is 0.763.